The van der Waals surface area contributed by atoms with E-state index >= 15 is 0 Å². The number of carbonyl (C=O) groups excluding carboxylic acids is 1. The third-order valence-electron chi connectivity index (χ3n) is 6.87. The van der Waals surface area contributed by atoms with Crippen LogP contribution < -0.4 is 9.80 Å². The zero-order chi connectivity index (χ0) is 23.7. The smallest absolute Gasteiger partial charge is 0.259 e. The molecule has 1 unspecified atom stereocenters. The Bertz CT molecular complexity index is 1210. The summed E-state index contributed by atoms with van der Waals surface area (Å²) in [6, 6.07) is 24.5. The number of hydrogen-bond acceptors (Lipinski definition) is 4. The summed E-state index contributed by atoms with van der Waals surface area (Å²) in [6.45, 7) is 9.86. The SMILES string of the molecule is Cc1ccc(C)c(N2CCN(C3=NC(Cc4ccccc4)C(=O)N3c3ccccc3C)CC2)c1. The maximum atomic E-state index is 13.7. The van der Waals surface area contributed by atoms with E-state index in [1.54, 1.807) is 0 Å². The fourth-order valence-corrected chi connectivity index (χ4v) is 4.94. The Kier molecular flexibility index (Phi) is 6.10. The molecule has 2 aliphatic heterocycles. The van der Waals surface area contributed by atoms with Gasteiger partial charge in [-0.3, -0.25) is 4.79 Å². The Labute approximate surface area is 202 Å². The summed E-state index contributed by atoms with van der Waals surface area (Å²) in [4.78, 5) is 25.3. The molecule has 0 saturated carbocycles. The van der Waals surface area contributed by atoms with Gasteiger partial charge in [-0.05, 0) is 55.2 Å². The number of nitrogens with zero attached hydrogens (tertiary/aromatic N) is 4. The number of aliphatic imine (C=N–C) groups is 1. The molecule has 5 heteroatoms. The second-order valence-corrected chi connectivity index (χ2v) is 9.36. The van der Waals surface area contributed by atoms with Gasteiger partial charge >= 0.3 is 0 Å². The van der Waals surface area contributed by atoms with Crippen molar-refractivity contribution in [3.63, 3.8) is 0 Å². The van der Waals surface area contributed by atoms with Crippen molar-refractivity contribution < 1.29 is 4.79 Å². The van der Waals surface area contributed by atoms with Crippen LogP contribution in [-0.4, -0.2) is 49.0 Å². The van der Waals surface area contributed by atoms with Crippen LogP contribution in [0.2, 0.25) is 0 Å². The number of hydrogen-bond donors (Lipinski definition) is 0. The molecular formula is C29H32N4O. The molecule has 0 spiro atoms. The Morgan fingerprint density at radius 3 is 2.15 bits per heavy atom. The van der Waals surface area contributed by atoms with Crippen molar-refractivity contribution in [3.8, 4) is 0 Å². The first-order valence-corrected chi connectivity index (χ1v) is 12.1. The summed E-state index contributed by atoms with van der Waals surface area (Å²) in [5, 5.41) is 0. The molecule has 1 fully saturated rings. The normalized spacial score (nSPS) is 18.4. The molecule has 0 bridgehead atoms. The van der Waals surface area contributed by atoms with Crippen LogP contribution in [0.1, 0.15) is 22.3 Å². The van der Waals surface area contributed by atoms with Gasteiger partial charge in [0.2, 0.25) is 5.96 Å². The predicted octanol–water partition coefficient (Wildman–Crippen LogP) is 4.75. The van der Waals surface area contributed by atoms with Crippen LogP contribution in [0.4, 0.5) is 11.4 Å². The summed E-state index contributed by atoms with van der Waals surface area (Å²) >= 11 is 0. The molecule has 2 heterocycles. The molecule has 1 saturated heterocycles. The third kappa shape index (κ3) is 4.30. The van der Waals surface area contributed by atoms with E-state index in [2.05, 4.69) is 67.0 Å². The van der Waals surface area contributed by atoms with E-state index in [1.165, 1.54) is 16.8 Å². The molecule has 1 amide bonds. The van der Waals surface area contributed by atoms with Gasteiger partial charge in [0, 0.05) is 38.3 Å². The molecule has 3 aromatic carbocycles. The number of anilines is 2. The molecule has 0 radical (unpaired) electrons. The molecule has 5 nitrogen and oxygen atoms in total. The maximum Gasteiger partial charge on any atom is 0.259 e. The highest BCUT2D eigenvalue weighted by Gasteiger charge is 2.39. The first kappa shape index (κ1) is 22.2. The summed E-state index contributed by atoms with van der Waals surface area (Å²) in [6.07, 6.45) is 0.619. The van der Waals surface area contributed by atoms with Gasteiger partial charge in [-0.25, -0.2) is 9.89 Å². The van der Waals surface area contributed by atoms with Crippen LogP contribution in [-0.2, 0) is 11.2 Å². The highest BCUT2D eigenvalue weighted by atomic mass is 16.2. The summed E-state index contributed by atoms with van der Waals surface area (Å²) in [7, 11) is 0. The number of para-hydroxylation sites is 1. The molecule has 2 aliphatic rings. The average molecular weight is 453 g/mol. The lowest BCUT2D eigenvalue weighted by atomic mass is 10.1. The Balaban J connectivity index is 1.41. The zero-order valence-electron chi connectivity index (χ0n) is 20.2. The molecule has 34 heavy (non-hydrogen) atoms. The lowest BCUT2D eigenvalue weighted by Crippen LogP contribution is -2.53. The van der Waals surface area contributed by atoms with Crippen LogP contribution in [0.3, 0.4) is 0 Å². The second kappa shape index (κ2) is 9.34. The second-order valence-electron chi connectivity index (χ2n) is 9.36. The maximum absolute atomic E-state index is 13.7. The highest BCUT2D eigenvalue weighted by molar-refractivity contribution is 6.22. The topological polar surface area (TPSA) is 39.1 Å². The third-order valence-corrected chi connectivity index (χ3v) is 6.87. The predicted molar refractivity (Wildman–Crippen MR) is 140 cm³/mol. The van der Waals surface area contributed by atoms with E-state index in [-0.39, 0.29) is 5.91 Å². The zero-order valence-corrected chi connectivity index (χ0v) is 20.2. The van der Waals surface area contributed by atoms with E-state index in [0.717, 1.165) is 49.0 Å². The minimum absolute atomic E-state index is 0.0603. The van der Waals surface area contributed by atoms with Gasteiger partial charge in [0.05, 0.1) is 5.69 Å². The Morgan fingerprint density at radius 1 is 0.765 bits per heavy atom. The largest absolute Gasteiger partial charge is 0.368 e. The molecule has 0 N–H and O–H groups in total. The molecule has 3 aromatic rings. The van der Waals surface area contributed by atoms with E-state index in [1.807, 2.05) is 41.3 Å². The molecule has 0 aromatic heterocycles. The fourth-order valence-electron chi connectivity index (χ4n) is 4.94. The van der Waals surface area contributed by atoms with Crippen LogP contribution in [0, 0.1) is 20.8 Å². The number of piperazine rings is 1. The van der Waals surface area contributed by atoms with E-state index in [0.29, 0.717) is 6.42 Å². The van der Waals surface area contributed by atoms with E-state index in [9.17, 15) is 4.79 Å². The van der Waals surface area contributed by atoms with Gasteiger partial charge in [0.1, 0.15) is 6.04 Å². The summed E-state index contributed by atoms with van der Waals surface area (Å²) in [5.74, 6) is 0.853. The molecule has 0 aliphatic carbocycles. The number of rotatable bonds is 4. The molecule has 5 rings (SSSR count). The number of aryl methyl sites for hydroxylation is 3. The molecule has 174 valence electrons. The Hall–Kier alpha value is -3.60. The minimum atomic E-state index is -0.394. The lowest BCUT2D eigenvalue weighted by molar-refractivity contribution is -0.118. The number of guanidine groups is 1. The van der Waals surface area contributed by atoms with Crippen molar-refractivity contribution in [2.45, 2.75) is 33.2 Å². The van der Waals surface area contributed by atoms with Gasteiger partial charge < -0.3 is 9.80 Å². The van der Waals surface area contributed by atoms with Crippen molar-refractivity contribution in [2.75, 3.05) is 36.0 Å². The molecular weight excluding hydrogens is 420 g/mol. The van der Waals surface area contributed by atoms with Gasteiger partial charge in [-0.2, -0.15) is 0 Å². The first-order valence-electron chi connectivity index (χ1n) is 12.1. The number of carbonyl (C=O) groups is 1. The van der Waals surface area contributed by atoms with Gasteiger partial charge in [0.15, 0.2) is 0 Å². The summed E-state index contributed by atoms with van der Waals surface area (Å²) in [5.41, 5.74) is 7.04. The van der Waals surface area contributed by atoms with Crippen LogP contribution >= 0.6 is 0 Å². The number of amides is 1. The van der Waals surface area contributed by atoms with Crippen molar-refractivity contribution in [1.29, 1.82) is 0 Å². The standard InChI is InChI=1S/C29H32N4O/c1-21-13-14-23(3)27(19-21)31-15-17-32(18-16-31)29-30-25(20-24-10-5-4-6-11-24)28(34)33(29)26-12-8-7-9-22(26)2/h4-14,19,25H,15-18,20H2,1-3H3. The van der Waals surface area contributed by atoms with Gasteiger partial charge in [-0.15, -0.1) is 0 Å². The quantitative estimate of drug-likeness (QED) is 0.574. The monoisotopic (exact) mass is 452 g/mol. The number of benzene rings is 3. The molecule has 1 atom stereocenters. The van der Waals surface area contributed by atoms with Crippen molar-refractivity contribution in [3.05, 3.63) is 95.1 Å². The van der Waals surface area contributed by atoms with Gasteiger partial charge in [0.25, 0.3) is 5.91 Å². The van der Waals surface area contributed by atoms with Crippen molar-refractivity contribution >= 4 is 23.2 Å². The van der Waals surface area contributed by atoms with Crippen LogP contribution in [0.25, 0.3) is 0 Å². The van der Waals surface area contributed by atoms with E-state index < -0.39 is 6.04 Å². The van der Waals surface area contributed by atoms with Crippen molar-refractivity contribution in [1.82, 2.24) is 4.90 Å². The lowest BCUT2D eigenvalue weighted by Gasteiger charge is -2.39. The van der Waals surface area contributed by atoms with Crippen LogP contribution in [0.15, 0.2) is 77.8 Å². The summed E-state index contributed by atoms with van der Waals surface area (Å²) < 4.78 is 0. The Morgan fingerprint density at radius 2 is 1.41 bits per heavy atom. The van der Waals surface area contributed by atoms with Crippen molar-refractivity contribution in [2.24, 2.45) is 4.99 Å². The van der Waals surface area contributed by atoms with Crippen LogP contribution in [0.5, 0.6) is 0 Å². The minimum Gasteiger partial charge on any atom is -0.368 e. The first-order chi connectivity index (χ1) is 16.5. The highest BCUT2D eigenvalue weighted by Crippen LogP contribution is 2.29. The average Bonchev–Trinajstić information content (AvgIpc) is 3.17. The van der Waals surface area contributed by atoms with E-state index in [4.69, 9.17) is 4.99 Å². The van der Waals surface area contributed by atoms with Gasteiger partial charge in [-0.1, -0.05) is 60.7 Å². The fraction of sp³-hybridized carbons (Fsp3) is 0.310.